The molecule has 1 atom stereocenters. The monoisotopic (exact) mass is 434 g/mol. The lowest BCUT2D eigenvalue weighted by molar-refractivity contribution is -0.135. The van der Waals surface area contributed by atoms with E-state index in [1.807, 2.05) is 62.1 Å². The number of hydrogen-bond acceptors (Lipinski definition) is 6. The summed E-state index contributed by atoms with van der Waals surface area (Å²) in [7, 11) is 0. The molecule has 0 bridgehead atoms. The second-order valence-corrected chi connectivity index (χ2v) is 8.53. The Morgan fingerprint density at radius 3 is 2.31 bits per heavy atom. The average molecular weight is 435 g/mol. The van der Waals surface area contributed by atoms with E-state index in [0.29, 0.717) is 24.8 Å². The lowest BCUT2D eigenvalue weighted by atomic mass is 10.1. The number of hydrogen-bond donors (Lipinski definition) is 0. The molecule has 168 valence electrons. The molecule has 1 aromatic heterocycles. The van der Waals surface area contributed by atoms with Gasteiger partial charge in [-0.1, -0.05) is 41.1 Å². The molecule has 2 heterocycles. The number of aromatic nitrogens is 2. The first kappa shape index (κ1) is 22.0. The van der Waals surface area contributed by atoms with Gasteiger partial charge in [-0.25, -0.2) is 0 Å². The van der Waals surface area contributed by atoms with Crippen molar-refractivity contribution in [3.05, 3.63) is 65.0 Å². The van der Waals surface area contributed by atoms with Gasteiger partial charge in [-0.15, -0.1) is 0 Å². The largest absolute Gasteiger partial charge is 0.484 e. The zero-order valence-electron chi connectivity index (χ0n) is 19.2. The van der Waals surface area contributed by atoms with Gasteiger partial charge in [-0.2, -0.15) is 4.98 Å². The molecule has 0 saturated carbocycles. The maximum absolute atomic E-state index is 12.6. The van der Waals surface area contributed by atoms with E-state index in [1.165, 1.54) is 5.56 Å². The molecule has 1 aliphatic rings. The van der Waals surface area contributed by atoms with Crippen LogP contribution in [0.5, 0.6) is 5.75 Å². The fourth-order valence-electron chi connectivity index (χ4n) is 3.99. The van der Waals surface area contributed by atoms with Crippen molar-refractivity contribution < 1.29 is 14.1 Å². The van der Waals surface area contributed by atoms with Crippen LogP contribution in [0.4, 0.5) is 0 Å². The molecule has 3 aromatic rings. The SMILES string of the molecule is Cc1ccc(-c2noc(C(C)N3CCN(C(=O)COc4cc(C)cc(C)c4)CC3)n2)cc1. The third-order valence-electron chi connectivity index (χ3n) is 5.88. The van der Waals surface area contributed by atoms with Gasteiger partial charge >= 0.3 is 0 Å². The van der Waals surface area contributed by atoms with Crippen LogP contribution >= 0.6 is 0 Å². The molecular weight excluding hydrogens is 404 g/mol. The minimum absolute atomic E-state index is 0.00882. The van der Waals surface area contributed by atoms with Crippen LogP contribution in [-0.2, 0) is 4.79 Å². The maximum atomic E-state index is 12.6. The van der Waals surface area contributed by atoms with Crippen molar-refractivity contribution in [1.29, 1.82) is 0 Å². The number of carbonyl (C=O) groups is 1. The number of rotatable bonds is 6. The Bertz CT molecular complexity index is 1050. The van der Waals surface area contributed by atoms with E-state index >= 15 is 0 Å². The van der Waals surface area contributed by atoms with Crippen molar-refractivity contribution >= 4 is 5.91 Å². The molecule has 2 aromatic carbocycles. The van der Waals surface area contributed by atoms with E-state index in [1.54, 1.807) is 0 Å². The quantitative estimate of drug-likeness (QED) is 0.585. The molecule has 1 unspecified atom stereocenters. The summed E-state index contributed by atoms with van der Waals surface area (Å²) in [5.74, 6) is 1.95. The third kappa shape index (κ3) is 5.16. The molecule has 1 fully saturated rings. The fraction of sp³-hybridized carbons (Fsp3) is 0.400. The molecule has 0 aliphatic carbocycles. The topological polar surface area (TPSA) is 71.7 Å². The van der Waals surface area contributed by atoms with Gasteiger partial charge in [0, 0.05) is 31.7 Å². The number of ether oxygens (including phenoxy) is 1. The molecular formula is C25H30N4O3. The van der Waals surface area contributed by atoms with E-state index in [0.717, 1.165) is 35.5 Å². The van der Waals surface area contributed by atoms with Gasteiger partial charge in [0.05, 0.1) is 6.04 Å². The van der Waals surface area contributed by atoms with E-state index in [2.05, 4.69) is 28.0 Å². The Morgan fingerprint density at radius 1 is 1.00 bits per heavy atom. The Balaban J connectivity index is 1.29. The van der Waals surface area contributed by atoms with Crippen LogP contribution in [0.1, 0.15) is 35.5 Å². The van der Waals surface area contributed by atoms with Crippen molar-refractivity contribution in [2.24, 2.45) is 0 Å². The van der Waals surface area contributed by atoms with Crippen molar-refractivity contribution in [2.45, 2.75) is 33.7 Å². The van der Waals surface area contributed by atoms with Gasteiger partial charge in [0.1, 0.15) is 5.75 Å². The lowest BCUT2D eigenvalue weighted by Crippen LogP contribution is -2.50. The van der Waals surface area contributed by atoms with E-state index in [-0.39, 0.29) is 18.6 Å². The standard InChI is InChI=1S/C25H30N4O3/c1-17-5-7-21(8-6-17)24-26-25(32-27-24)20(4)28-9-11-29(12-10-28)23(30)16-31-22-14-18(2)13-19(3)15-22/h5-8,13-15,20H,9-12,16H2,1-4H3. The van der Waals surface area contributed by atoms with Crippen LogP contribution in [0.25, 0.3) is 11.4 Å². The predicted molar refractivity (Wildman–Crippen MR) is 122 cm³/mol. The summed E-state index contributed by atoms with van der Waals surface area (Å²) >= 11 is 0. The summed E-state index contributed by atoms with van der Waals surface area (Å²) in [6.45, 7) is 11.0. The van der Waals surface area contributed by atoms with E-state index in [4.69, 9.17) is 9.26 Å². The Morgan fingerprint density at radius 2 is 1.66 bits per heavy atom. The first-order valence-electron chi connectivity index (χ1n) is 11.0. The molecule has 1 aliphatic heterocycles. The van der Waals surface area contributed by atoms with Gasteiger partial charge in [-0.05, 0) is 51.0 Å². The summed E-state index contributed by atoms with van der Waals surface area (Å²) in [4.78, 5) is 21.3. The molecule has 1 amide bonds. The molecule has 0 N–H and O–H groups in total. The highest BCUT2D eigenvalue weighted by atomic mass is 16.5. The van der Waals surface area contributed by atoms with Gasteiger partial charge in [0.2, 0.25) is 11.7 Å². The van der Waals surface area contributed by atoms with Crippen LogP contribution in [0.2, 0.25) is 0 Å². The summed E-state index contributed by atoms with van der Waals surface area (Å²) < 4.78 is 11.3. The number of carbonyl (C=O) groups excluding carboxylic acids is 1. The van der Waals surface area contributed by atoms with Gasteiger partial charge in [-0.3, -0.25) is 9.69 Å². The first-order valence-corrected chi connectivity index (χ1v) is 11.0. The Labute approximate surface area is 189 Å². The van der Waals surface area contributed by atoms with E-state index in [9.17, 15) is 4.79 Å². The predicted octanol–water partition coefficient (Wildman–Crippen LogP) is 3.95. The minimum Gasteiger partial charge on any atom is -0.484 e. The van der Waals surface area contributed by atoms with Crippen LogP contribution in [0, 0.1) is 20.8 Å². The molecule has 1 saturated heterocycles. The first-order chi connectivity index (χ1) is 15.4. The number of piperazine rings is 1. The van der Waals surface area contributed by atoms with E-state index < -0.39 is 0 Å². The summed E-state index contributed by atoms with van der Waals surface area (Å²) in [5, 5.41) is 4.15. The molecule has 7 nitrogen and oxygen atoms in total. The highest BCUT2D eigenvalue weighted by Crippen LogP contribution is 2.24. The van der Waals surface area contributed by atoms with Gasteiger partial charge < -0.3 is 14.2 Å². The van der Waals surface area contributed by atoms with Crippen molar-refractivity contribution in [3.8, 4) is 17.1 Å². The van der Waals surface area contributed by atoms with Crippen LogP contribution in [-0.4, -0.2) is 58.6 Å². The smallest absolute Gasteiger partial charge is 0.260 e. The molecule has 7 heteroatoms. The molecule has 4 rings (SSSR count). The summed E-state index contributed by atoms with van der Waals surface area (Å²) in [5.41, 5.74) is 4.39. The highest BCUT2D eigenvalue weighted by Gasteiger charge is 2.28. The second kappa shape index (κ2) is 9.53. The summed E-state index contributed by atoms with van der Waals surface area (Å²) in [6.07, 6.45) is 0. The normalized spacial score (nSPS) is 15.6. The summed E-state index contributed by atoms with van der Waals surface area (Å²) in [6, 6.07) is 14.1. The number of aryl methyl sites for hydroxylation is 3. The molecule has 0 spiro atoms. The van der Waals surface area contributed by atoms with Crippen molar-refractivity contribution in [3.63, 3.8) is 0 Å². The number of amides is 1. The van der Waals surface area contributed by atoms with Crippen molar-refractivity contribution in [1.82, 2.24) is 19.9 Å². The average Bonchev–Trinajstić information content (AvgIpc) is 3.27. The Hall–Kier alpha value is -3.19. The van der Waals surface area contributed by atoms with Crippen LogP contribution in [0.15, 0.2) is 47.0 Å². The zero-order valence-corrected chi connectivity index (χ0v) is 19.2. The second-order valence-electron chi connectivity index (χ2n) is 8.53. The number of nitrogens with zero attached hydrogens (tertiary/aromatic N) is 4. The fourth-order valence-corrected chi connectivity index (χ4v) is 3.99. The maximum Gasteiger partial charge on any atom is 0.260 e. The highest BCUT2D eigenvalue weighted by molar-refractivity contribution is 5.77. The molecule has 0 radical (unpaired) electrons. The minimum atomic E-state index is -0.00882. The third-order valence-corrected chi connectivity index (χ3v) is 5.88. The lowest BCUT2D eigenvalue weighted by Gasteiger charge is -2.36. The molecule has 32 heavy (non-hydrogen) atoms. The van der Waals surface area contributed by atoms with Gasteiger partial charge in [0.25, 0.3) is 5.91 Å². The van der Waals surface area contributed by atoms with Gasteiger partial charge in [0.15, 0.2) is 6.61 Å². The van der Waals surface area contributed by atoms with Crippen LogP contribution < -0.4 is 4.74 Å². The Kier molecular flexibility index (Phi) is 6.55. The number of benzene rings is 2. The zero-order chi connectivity index (χ0) is 22.7. The van der Waals surface area contributed by atoms with Crippen molar-refractivity contribution in [2.75, 3.05) is 32.8 Å². The van der Waals surface area contributed by atoms with Crippen LogP contribution in [0.3, 0.4) is 0 Å².